The topological polar surface area (TPSA) is 52.7 Å². The van der Waals surface area contributed by atoms with Crippen molar-refractivity contribution in [2.45, 2.75) is 19.9 Å². The van der Waals surface area contributed by atoms with E-state index in [0.29, 0.717) is 41.9 Å². The number of carbonyl (C=O) groups is 2. The van der Waals surface area contributed by atoms with E-state index in [1.165, 1.54) is 0 Å². The number of carbonyl (C=O) groups excluding carboxylic acids is 2. The predicted octanol–water partition coefficient (Wildman–Crippen LogP) is 2.48. The fraction of sp³-hybridized carbons (Fsp3) is 0.467. The molecule has 1 atom stereocenters. The zero-order chi connectivity index (χ0) is 16.3. The van der Waals surface area contributed by atoms with Crippen LogP contribution in [0, 0.1) is 0 Å². The van der Waals surface area contributed by atoms with Crippen LogP contribution in [0.3, 0.4) is 0 Å². The van der Waals surface area contributed by atoms with Crippen LogP contribution in [0.4, 0.5) is 5.69 Å². The number of hydrogen-bond acceptors (Lipinski definition) is 3. The number of hydrogen-bond donors (Lipinski definition) is 1. The average Bonchev–Trinajstić information content (AvgIpc) is 2.50. The number of anilines is 1. The van der Waals surface area contributed by atoms with Crippen molar-refractivity contribution >= 4 is 40.7 Å². The second kappa shape index (κ2) is 7.31. The van der Waals surface area contributed by atoms with Crippen LogP contribution in [0.5, 0.6) is 0 Å². The second-order valence-electron chi connectivity index (χ2n) is 5.33. The van der Waals surface area contributed by atoms with Crippen molar-refractivity contribution in [3.05, 3.63) is 28.2 Å². The highest BCUT2D eigenvalue weighted by Crippen LogP contribution is 2.25. The molecule has 1 saturated heterocycles. The SMILES string of the molecule is CC(=O)N1CCN([C@@H](C)C(=O)Nc2cc(Cl)ccc2Cl)CC1. The molecular formula is C15H19Cl2N3O2. The predicted molar refractivity (Wildman–Crippen MR) is 88.4 cm³/mol. The number of amides is 2. The van der Waals surface area contributed by atoms with Crippen molar-refractivity contribution in [1.82, 2.24) is 9.80 Å². The molecule has 1 N–H and O–H groups in total. The van der Waals surface area contributed by atoms with Crippen molar-refractivity contribution in [2.24, 2.45) is 0 Å². The Morgan fingerprint density at radius 2 is 1.82 bits per heavy atom. The molecule has 1 heterocycles. The van der Waals surface area contributed by atoms with Gasteiger partial charge in [-0.3, -0.25) is 14.5 Å². The molecule has 1 aliphatic rings. The maximum atomic E-state index is 12.4. The number of nitrogens with zero attached hydrogens (tertiary/aromatic N) is 2. The first-order valence-electron chi connectivity index (χ1n) is 7.14. The van der Waals surface area contributed by atoms with E-state index in [9.17, 15) is 9.59 Å². The molecule has 0 radical (unpaired) electrons. The van der Waals surface area contributed by atoms with Gasteiger partial charge >= 0.3 is 0 Å². The lowest BCUT2D eigenvalue weighted by atomic mass is 10.2. The van der Waals surface area contributed by atoms with Gasteiger partial charge in [-0.1, -0.05) is 23.2 Å². The molecule has 120 valence electrons. The third-order valence-electron chi connectivity index (χ3n) is 3.87. The van der Waals surface area contributed by atoms with E-state index in [4.69, 9.17) is 23.2 Å². The van der Waals surface area contributed by atoms with Crippen LogP contribution in [-0.2, 0) is 9.59 Å². The Kier molecular flexibility index (Phi) is 5.67. The van der Waals surface area contributed by atoms with Crippen LogP contribution in [0.2, 0.25) is 10.0 Å². The smallest absolute Gasteiger partial charge is 0.241 e. The van der Waals surface area contributed by atoms with E-state index in [1.807, 2.05) is 11.8 Å². The number of piperazine rings is 1. The van der Waals surface area contributed by atoms with Crippen LogP contribution in [0.25, 0.3) is 0 Å². The normalized spacial score (nSPS) is 17.2. The minimum Gasteiger partial charge on any atom is -0.340 e. The van der Waals surface area contributed by atoms with Gasteiger partial charge in [-0.15, -0.1) is 0 Å². The van der Waals surface area contributed by atoms with E-state index in [2.05, 4.69) is 5.32 Å². The number of rotatable bonds is 3. The Balaban J connectivity index is 1.95. The van der Waals surface area contributed by atoms with Gasteiger partial charge in [-0.25, -0.2) is 0 Å². The molecule has 2 amide bonds. The molecule has 1 aromatic carbocycles. The Morgan fingerprint density at radius 3 is 2.41 bits per heavy atom. The molecular weight excluding hydrogens is 325 g/mol. The van der Waals surface area contributed by atoms with Crippen molar-refractivity contribution in [2.75, 3.05) is 31.5 Å². The first-order chi connectivity index (χ1) is 10.4. The van der Waals surface area contributed by atoms with Gasteiger partial charge < -0.3 is 10.2 Å². The number of halogens is 2. The van der Waals surface area contributed by atoms with E-state index in [-0.39, 0.29) is 17.9 Å². The van der Waals surface area contributed by atoms with Gasteiger partial charge in [0.15, 0.2) is 0 Å². The fourth-order valence-electron chi connectivity index (χ4n) is 2.42. The van der Waals surface area contributed by atoms with Gasteiger partial charge in [0.1, 0.15) is 0 Å². The zero-order valence-electron chi connectivity index (χ0n) is 12.6. The molecule has 1 aromatic rings. The van der Waals surface area contributed by atoms with Gasteiger partial charge in [0.25, 0.3) is 0 Å². The Hall–Kier alpha value is -1.30. The van der Waals surface area contributed by atoms with Gasteiger partial charge in [0.05, 0.1) is 16.8 Å². The summed E-state index contributed by atoms with van der Waals surface area (Å²) in [5.41, 5.74) is 0.508. The average molecular weight is 344 g/mol. The maximum absolute atomic E-state index is 12.4. The fourth-order valence-corrected chi connectivity index (χ4v) is 2.76. The Morgan fingerprint density at radius 1 is 1.18 bits per heavy atom. The third-order valence-corrected chi connectivity index (χ3v) is 4.44. The summed E-state index contributed by atoms with van der Waals surface area (Å²) < 4.78 is 0. The summed E-state index contributed by atoms with van der Waals surface area (Å²) in [6, 6.07) is 4.64. The molecule has 5 nitrogen and oxygen atoms in total. The van der Waals surface area contributed by atoms with Crippen LogP contribution in [-0.4, -0.2) is 53.8 Å². The highest BCUT2D eigenvalue weighted by atomic mass is 35.5. The summed E-state index contributed by atoms with van der Waals surface area (Å²) in [7, 11) is 0. The Bertz CT molecular complexity index is 572. The first kappa shape index (κ1) is 17.1. The van der Waals surface area contributed by atoms with Crippen molar-refractivity contribution in [1.29, 1.82) is 0 Å². The molecule has 2 rings (SSSR count). The highest BCUT2D eigenvalue weighted by molar-refractivity contribution is 6.35. The maximum Gasteiger partial charge on any atom is 0.241 e. The molecule has 0 saturated carbocycles. The summed E-state index contributed by atoms with van der Waals surface area (Å²) in [5.74, 6) is -0.0668. The quantitative estimate of drug-likeness (QED) is 0.917. The van der Waals surface area contributed by atoms with E-state index in [1.54, 1.807) is 30.0 Å². The largest absolute Gasteiger partial charge is 0.340 e. The molecule has 0 unspecified atom stereocenters. The minimum atomic E-state index is -0.302. The second-order valence-corrected chi connectivity index (χ2v) is 6.18. The van der Waals surface area contributed by atoms with Crippen LogP contribution < -0.4 is 5.32 Å². The lowest BCUT2D eigenvalue weighted by Gasteiger charge is -2.37. The molecule has 0 aliphatic carbocycles. The molecule has 0 spiro atoms. The lowest BCUT2D eigenvalue weighted by Crippen LogP contribution is -2.53. The minimum absolute atomic E-state index is 0.0717. The summed E-state index contributed by atoms with van der Waals surface area (Å²) in [4.78, 5) is 27.5. The van der Waals surface area contributed by atoms with E-state index < -0.39 is 0 Å². The van der Waals surface area contributed by atoms with Crippen molar-refractivity contribution in [3.8, 4) is 0 Å². The monoisotopic (exact) mass is 343 g/mol. The summed E-state index contributed by atoms with van der Waals surface area (Å²) in [5, 5.41) is 3.77. The molecule has 22 heavy (non-hydrogen) atoms. The van der Waals surface area contributed by atoms with Gasteiger partial charge in [-0.05, 0) is 25.1 Å². The number of benzene rings is 1. The summed E-state index contributed by atoms with van der Waals surface area (Å²) >= 11 is 12.0. The molecule has 0 aromatic heterocycles. The molecule has 7 heteroatoms. The molecule has 1 fully saturated rings. The van der Waals surface area contributed by atoms with E-state index >= 15 is 0 Å². The van der Waals surface area contributed by atoms with Gasteiger partial charge in [0.2, 0.25) is 11.8 Å². The van der Waals surface area contributed by atoms with Crippen LogP contribution in [0.1, 0.15) is 13.8 Å². The van der Waals surface area contributed by atoms with Gasteiger partial charge in [0, 0.05) is 38.1 Å². The van der Waals surface area contributed by atoms with Crippen LogP contribution >= 0.6 is 23.2 Å². The molecule has 1 aliphatic heterocycles. The summed E-state index contributed by atoms with van der Waals surface area (Å²) in [6.45, 7) is 6.05. The first-order valence-corrected chi connectivity index (χ1v) is 7.89. The standard InChI is InChI=1S/C15H19Cl2N3O2/c1-10(19-5-7-20(8-6-19)11(2)21)15(22)18-14-9-12(16)3-4-13(14)17/h3-4,9-10H,5-8H2,1-2H3,(H,18,22)/t10-/m0/s1. The number of nitrogens with one attached hydrogen (secondary N) is 1. The highest BCUT2D eigenvalue weighted by Gasteiger charge is 2.26. The van der Waals surface area contributed by atoms with Gasteiger partial charge in [-0.2, -0.15) is 0 Å². The van der Waals surface area contributed by atoms with E-state index in [0.717, 1.165) is 0 Å². The van der Waals surface area contributed by atoms with Crippen molar-refractivity contribution in [3.63, 3.8) is 0 Å². The Labute approximate surface area is 140 Å². The molecule has 0 bridgehead atoms. The zero-order valence-corrected chi connectivity index (χ0v) is 14.1. The van der Waals surface area contributed by atoms with Crippen LogP contribution in [0.15, 0.2) is 18.2 Å². The third kappa shape index (κ3) is 4.12. The lowest BCUT2D eigenvalue weighted by molar-refractivity contribution is -0.131. The van der Waals surface area contributed by atoms with Crippen molar-refractivity contribution < 1.29 is 9.59 Å². The summed E-state index contributed by atoms with van der Waals surface area (Å²) in [6.07, 6.45) is 0.